The summed E-state index contributed by atoms with van der Waals surface area (Å²) in [5, 5.41) is 3.92. The molecule has 1 atom stereocenters. The number of nitrogens with one attached hydrogen (secondary N) is 1. The molecule has 53 heavy (non-hydrogen) atoms. The number of hydrogen-bond donors (Lipinski definition) is 1. The summed E-state index contributed by atoms with van der Waals surface area (Å²) < 4.78 is 0. The molecule has 0 fully saturated rings. The number of nitrogens with zero attached hydrogens (tertiary/aromatic N) is 1. The van der Waals surface area contributed by atoms with Gasteiger partial charge in [-0.15, -0.1) is 6.42 Å². The average molecular weight is 679 g/mol. The van der Waals surface area contributed by atoms with Gasteiger partial charge in [-0.25, -0.2) is 0 Å². The first kappa shape index (κ1) is 31.5. The van der Waals surface area contributed by atoms with Crippen LogP contribution in [-0.2, 0) is 11.8 Å². The molecule has 0 amide bonds. The van der Waals surface area contributed by atoms with Crippen molar-refractivity contribution < 1.29 is 0 Å². The standard InChI is InChI=1S/C50H39BN2/c1-5-8-9-17-34-29-32(7-3)39(16-6-2)50(34)40-21-11-13-25-44(40)53-45-30-33-28-31(4)26-27-35(33)46(47(45)51-42-23-15-22-41(50)49(42)53)38-20-14-19-37-36-18-10-12-24-43(36)52-48(37)38/h1,6-13,15-18,20-28,30,51-52H,3,14,19,29H2,2,4H3/b9-8-,16-6-,34-17+. The molecule has 4 aliphatic rings. The molecule has 252 valence electrons. The van der Waals surface area contributed by atoms with Crippen LogP contribution in [-0.4, -0.2) is 12.3 Å². The zero-order valence-corrected chi connectivity index (χ0v) is 30.3. The van der Waals surface area contributed by atoms with Crippen molar-refractivity contribution in [2.45, 2.75) is 38.5 Å². The largest absolute Gasteiger partial charge is 0.354 e. The number of allylic oxidation sites excluding steroid dienone is 10. The topological polar surface area (TPSA) is 19.0 Å². The number of benzene rings is 5. The second-order valence-electron chi connectivity index (χ2n) is 14.8. The predicted molar refractivity (Wildman–Crippen MR) is 227 cm³/mol. The third-order valence-corrected chi connectivity index (χ3v) is 12.1. The van der Waals surface area contributed by atoms with Crippen LogP contribution in [0.2, 0.25) is 0 Å². The number of rotatable bonds is 4. The Morgan fingerprint density at radius 1 is 0.943 bits per heavy atom. The molecule has 0 saturated carbocycles. The average Bonchev–Trinajstić information content (AvgIpc) is 3.72. The number of H-pyrrole nitrogens is 1. The molecule has 5 aromatic carbocycles. The molecule has 0 saturated heterocycles. The first-order valence-electron chi connectivity index (χ1n) is 18.8. The van der Waals surface area contributed by atoms with Gasteiger partial charge in [-0.05, 0) is 113 Å². The number of terminal acetylenes is 1. The molecule has 3 heterocycles. The SMILES string of the molecule is C#C/C=C\C=C1/CC(C=C)=C(/C=C\C)C12c1ccccc1N1c3cc4cc(C)ccc4c(C4=CCCc5c4[nH]c4ccccc54)c3Bc3cccc2c31. The van der Waals surface area contributed by atoms with Gasteiger partial charge in [-0.1, -0.05) is 133 Å². The van der Waals surface area contributed by atoms with Gasteiger partial charge in [0.15, 0.2) is 7.28 Å². The fraction of sp³-hybridized carbons (Fsp3) is 0.120. The Hall–Kier alpha value is -6.24. The highest BCUT2D eigenvalue weighted by Crippen LogP contribution is 2.62. The van der Waals surface area contributed by atoms with E-state index in [4.69, 9.17) is 6.42 Å². The molecule has 2 nitrogen and oxygen atoms in total. The maximum absolute atomic E-state index is 5.72. The van der Waals surface area contributed by atoms with Gasteiger partial charge in [0, 0.05) is 33.5 Å². The number of para-hydroxylation sites is 3. The van der Waals surface area contributed by atoms with E-state index in [1.54, 1.807) is 6.08 Å². The lowest BCUT2D eigenvalue weighted by molar-refractivity contribution is 0.729. The minimum absolute atomic E-state index is 0.494. The fourth-order valence-electron chi connectivity index (χ4n) is 10.1. The summed E-state index contributed by atoms with van der Waals surface area (Å²) in [4.78, 5) is 6.48. The van der Waals surface area contributed by atoms with E-state index in [1.807, 2.05) is 6.08 Å². The van der Waals surface area contributed by atoms with Crippen molar-refractivity contribution in [3.05, 3.63) is 190 Å². The van der Waals surface area contributed by atoms with Gasteiger partial charge in [-0.3, -0.25) is 0 Å². The van der Waals surface area contributed by atoms with E-state index in [9.17, 15) is 0 Å². The predicted octanol–water partition coefficient (Wildman–Crippen LogP) is 10.4. The zero-order chi connectivity index (χ0) is 35.8. The summed E-state index contributed by atoms with van der Waals surface area (Å²) in [6.45, 7) is 8.64. The van der Waals surface area contributed by atoms with Crippen LogP contribution in [0.1, 0.15) is 53.3 Å². The van der Waals surface area contributed by atoms with Gasteiger partial charge in [0.1, 0.15) is 0 Å². The van der Waals surface area contributed by atoms with Crippen LogP contribution >= 0.6 is 0 Å². The fourth-order valence-corrected chi connectivity index (χ4v) is 10.1. The van der Waals surface area contributed by atoms with Gasteiger partial charge >= 0.3 is 0 Å². The van der Waals surface area contributed by atoms with Crippen LogP contribution in [0.15, 0.2) is 157 Å². The van der Waals surface area contributed by atoms with Gasteiger partial charge in [-0.2, -0.15) is 0 Å². The zero-order valence-electron chi connectivity index (χ0n) is 30.3. The van der Waals surface area contributed by atoms with E-state index >= 15 is 0 Å². The molecule has 6 aromatic rings. The lowest BCUT2D eigenvalue weighted by atomic mass is 9.54. The number of anilines is 3. The Morgan fingerprint density at radius 3 is 2.66 bits per heavy atom. The minimum atomic E-state index is -0.494. The Morgan fingerprint density at radius 2 is 1.79 bits per heavy atom. The van der Waals surface area contributed by atoms with Crippen LogP contribution in [0.3, 0.4) is 0 Å². The van der Waals surface area contributed by atoms with Gasteiger partial charge in [0.05, 0.1) is 11.1 Å². The minimum Gasteiger partial charge on any atom is -0.354 e. The quantitative estimate of drug-likeness (QED) is 0.145. The second kappa shape index (κ2) is 11.9. The lowest BCUT2D eigenvalue weighted by Crippen LogP contribution is -2.47. The summed E-state index contributed by atoms with van der Waals surface area (Å²) in [5.41, 5.74) is 20.3. The van der Waals surface area contributed by atoms with Crippen LogP contribution < -0.4 is 15.8 Å². The molecule has 1 spiro atoms. The van der Waals surface area contributed by atoms with Gasteiger partial charge in [0.2, 0.25) is 0 Å². The van der Waals surface area contributed by atoms with E-state index in [-0.39, 0.29) is 0 Å². The molecule has 0 bridgehead atoms. The van der Waals surface area contributed by atoms with Crippen molar-refractivity contribution in [3.8, 4) is 12.3 Å². The third-order valence-electron chi connectivity index (χ3n) is 12.1. The van der Waals surface area contributed by atoms with Gasteiger partial charge < -0.3 is 9.88 Å². The molecule has 1 N–H and O–H groups in total. The number of aromatic nitrogens is 1. The molecule has 2 aliphatic carbocycles. The smallest absolute Gasteiger partial charge is 0.198 e. The number of hydrogen-bond acceptors (Lipinski definition) is 1. The van der Waals surface area contributed by atoms with Gasteiger partial charge in [0.25, 0.3) is 0 Å². The summed E-state index contributed by atoms with van der Waals surface area (Å²) in [6, 6.07) is 34.3. The number of aromatic amines is 1. The van der Waals surface area contributed by atoms with E-state index < -0.39 is 5.41 Å². The van der Waals surface area contributed by atoms with Crippen LogP contribution in [0.4, 0.5) is 17.1 Å². The number of aryl methyl sites for hydroxylation is 2. The van der Waals surface area contributed by atoms with Crippen molar-refractivity contribution in [1.82, 2.24) is 4.98 Å². The van der Waals surface area contributed by atoms with Crippen LogP contribution in [0, 0.1) is 19.3 Å². The molecule has 0 radical (unpaired) electrons. The highest BCUT2D eigenvalue weighted by Gasteiger charge is 2.53. The number of fused-ring (bicyclic) bond motifs is 10. The summed E-state index contributed by atoms with van der Waals surface area (Å²) in [5.74, 6) is 2.70. The van der Waals surface area contributed by atoms with E-state index in [0.29, 0.717) is 0 Å². The van der Waals surface area contributed by atoms with Crippen molar-refractivity contribution in [1.29, 1.82) is 0 Å². The van der Waals surface area contributed by atoms with Crippen molar-refractivity contribution >= 4 is 62.5 Å². The first-order valence-corrected chi connectivity index (χ1v) is 18.8. The second-order valence-corrected chi connectivity index (χ2v) is 14.8. The van der Waals surface area contributed by atoms with Crippen LogP contribution in [0.25, 0.3) is 27.2 Å². The Balaban J connectivity index is 1.30. The van der Waals surface area contributed by atoms with Crippen LogP contribution in [0.5, 0.6) is 0 Å². The molecule has 10 rings (SSSR count). The molecular weight excluding hydrogens is 639 g/mol. The van der Waals surface area contributed by atoms with E-state index in [2.05, 4.69) is 158 Å². The summed E-state index contributed by atoms with van der Waals surface area (Å²) >= 11 is 0. The Bertz CT molecular complexity index is 2790. The highest BCUT2D eigenvalue weighted by molar-refractivity contribution is 6.73. The summed E-state index contributed by atoms with van der Waals surface area (Å²) in [6.07, 6.45) is 23.7. The molecule has 2 aliphatic heterocycles. The first-order chi connectivity index (χ1) is 26.1. The van der Waals surface area contributed by atoms with Crippen molar-refractivity contribution in [2.24, 2.45) is 0 Å². The maximum atomic E-state index is 5.72. The van der Waals surface area contributed by atoms with Crippen molar-refractivity contribution in [3.63, 3.8) is 0 Å². The third kappa shape index (κ3) is 4.30. The monoisotopic (exact) mass is 678 g/mol. The molecule has 3 heteroatoms. The lowest BCUT2D eigenvalue weighted by Gasteiger charge is -2.49. The Kier molecular flexibility index (Phi) is 7.08. The summed E-state index contributed by atoms with van der Waals surface area (Å²) in [7, 11) is 0.840. The molecule has 1 unspecified atom stereocenters. The highest BCUT2D eigenvalue weighted by atomic mass is 15.2. The van der Waals surface area contributed by atoms with E-state index in [0.717, 1.165) is 26.5 Å². The normalized spacial score (nSPS) is 19.1. The van der Waals surface area contributed by atoms with Crippen molar-refractivity contribution in [2.75, 3.05) is 4.90 Å². The Labute approximate surface area is 312 Å². The molecule has 1 aromatic heterocycles. The molecular formula is C50H39BN2. The maximum Gasteiger partial charge on any atom is 0.198 e. The van der Waals surface area contributed by atoms with E-state index in [1.165, 1.54) is 105 Å².